The molecule has 1 aliphatic rings. The average Bonchev–Trinajstić information content (AvgIpc) is 2.75. The molecule has 0 aromatic carbocycles. The first-order valence-electron chi connectivity index (χ1n) is 7.41. The number of rotatable bonds is 4. The molecular formula is C15H21ClN4S. The van der Waals surface area contributed by atoms with Gasteiger partial charge in [0.05, 0.1) is 5.39 Å². The van der Waals surface area contributed by atoms with Crippen molar-refractivity contribution in [1.29, 1.82) is 0 Å². The first-order chi connectivity index (χ1) is 10.0. The third-order valence-corrected chi connectivity index (χ3v) is 5.37. The zero-order valence-electron chi connectivity index (χ0n) is 12.7. The maximum absolute atomic E-state index is 6.42. The molecule has 1 aliphatic carbocycles. The molecular weight excluding hydrogens is 304 g/mol. The predicted octanol–water partition coefficient (Wildman–Crippen LogP) is 3.44. The molecule has 4 nitrogen and oxygen atoms in total. The number of hydrogen-bond donors (Lipinski definition) is 1. The van der Waals surface area contributed by atoms with E-state index >= 15 is 0 Å². The van der Waals surface area contributed by atoms with Crippen molar-refractivity contribution in [3.05, 3.63) is 15.6 Å². The number of likely N-dealkylation sites (N-methyl/N-ethyl adjacent to an activating group) is 1. The molecule has 0 spiro atoms. The van der Waals surface area contributed by atoms with Crippen molar-refractivity contribution in [1.82, 2.24) is 14.9 Å². The average molecular weight is 325 g/mol. The number of aryl methyl sites for hydroxylation is 1. The van der Waals surface area contributed by atoms with E-state index in [0.717, 1.165) is 42.1 Å². The normalized spacial score (nSPS) is 18.2. The highest BCUT2D eigenvalue weighted by Gasteiger charge is 2.23. The van der Waals surface area contributed by atoms with Crippen LogP contribution in [0.4, 0.5) is 5.95 Å². The van der Waals surface area contributed by atoms with Gasteiger partial charge in [-0.2, -0.15) is 0 Å². The van der Waals surface area contributed by atoms with E-state index in [-0.39, 0.29) is 0 Å². The Bertz CT molecular complexity index is 653. The lowest BCUT2D eigenvalue weighted by atomic mass is 9.89. The minimum Gasteiger partial charge on any atom is -0.353 e. The van der Waals surface area contributed by atoms with Crippen LogP contribution in [0.5, 0.6) is 0 Å². The predicted molar refractivity (Wildman–Crippen MR) is 90.7 cm³/mol. The van der Waals surface area contributed by atoms with Crippen molar-refractivity contribution in [2.24, 2.45) is 5.92 Å². The number of halogens is 1. The lowest BCUT2D eigenvalue weighted by Crippen LogP contribution is -2.21. The van der Waals surface area contributed by atoms with Crippen molar-refractivity contribution in [3.63, 3.8) is 0 Å². The lowest BCUT2D eigenvalue weighted by molar-refractivity contribution is 0.425. The Kier molecular flexibility index (Phi) is 4.33. The zero-order valence-corrected chi connectivity index (χ0v) is 14.3. The van der Waals surface area contributed by atoms with Gasteiger partial charge in [-0.05, 0) is 44.8 Å². The molecule has 3 rings (SSSR count). The van der Waals surface area contributed by atoms with Crippen LogP contribution >= 0.6 is 22.9 Å². The summed E-state index contributed by atoms with van der Waals surface area (Å²) < 4.78 is 0. The van der Waals surface area contributed by atoms with E-state index in [4.69, 9.17) is 11.6 Å². The molecule has 2 heterocycles. The second-order valence-corrected chi connectivity index (χ2v) is 7.54. The number of nitrogens with one attached hydrogen (secondary N) is 1. The fraction of sp³-hybridized carbons (Fsp3) is 0.600. The fourth-order valence-electron chi connectivity index (χ4n) is 2.77. The third-order valence-electron chi connectivity index (χ3n) is 3.95. The summed E-state index contributed by atoms with van der Waals surface area (Å²) in [5, 5.41) is 4.94. The Morgan fingerprint density at radius 2 is 2.19 bits per heavy atom. The number of thiophene rings is 1. The first kappa shape index (κ1) is 15.0. The Morgan fingerprint density at radius 1 is 1.38 bits per heavy atom. The lowest BCUT2D eigenvalue weighted by Gasteiger charge is -2.17. The number of hydrogen-bond acceptors (Lipinski definition) is 5. The van der Waals surface area contributed by atoms with Gasteiger partial charge in [0.15, 0.2) is 0 Å². The van der Waals surface area contributed by atoms with Crippen LogP contribution in [-0.4, -0.2) is 42.1 Å². The van der Waals surface area contributed by atoms with E-state index in [2.05, 4.69) is 27.1 Å². The van der Waals surface area contributed by atoms with Crippen molar-refractivity contribution < 1.29 is 0 Å². The minimum atomic E-state index is 0.597. The van der Waals surface area contributed by atoms with Gasteiger partial charge < -0.3 is 10.2 Å². The van der Waals surface area contributed by atoms with Crippen molar-refractivity contribution in [3.8, 4) is 0 Å². The van der Waals surface area contributed by atoms with Crippen LogP contribution in [0.25, 0.3) is 10.2 Å². The van der Waals surface area contributed by atoms with Gasteiger partial charge in [-0.15, -0.1) is 11.3 Å². The monoisotopic (exact) mass is 324 g/mol. The van der Waals surface area contributed by atoms with Crippen LogP contribution in [0.2, 0.25) is 5.15 Å². The van der Waals surface area contributed by atoms with Crippen LogP contribution in [-0.2, 0) is 12.8 Å². The van der Waals surface area contributed by atoms with Gasteiger partial charge in [-0.3, -0.25) is 0 Å². The molecule has 1 N–H and O–H groups in total. The Labute approximate surface area is 134 Å². The van der Waals surface area contributed by atoms with E-state index in [1.54, 1.807) is 11.3 Å². The highest BCUT2D eigenvalue weighted by atomic mass is 35.5. The summed E-state index contributed by atoms with van der Waals surface area (Å²) in [5.41, 5.74) is 1.39. The summed E-state index contributed by atoms with van der Waals surface area (Å²) in [5.74, 6) is 1.40. The van der Waals surface area contributed by atoms with Crippen LogP contribution in [0.3, 0.4) is 0 Å². The van der Waals surface area contributed by atoms with Gasteiger partial charge in [-0.1, -0.05) is 18.5 Å². The van der Waals surface area contributed by atoms with E-state index in [1.165, 1.54) is 16.9 Å². The zero-order chi connectivity index (χ0) is 15.0. The SMILES string of the molecule is CC1CCc2c(sc3nc(NCCN(C)C)nc(Cl)c23)C1. The van der Waals surface area contributed by atoms with Crippen LogP contribution < -0.4 is 5.32 Å². The van der Waals surface area contributed by atoms with Crippen LogP contribution in [0.15, 0.2) is 0 Å². The molecule has 0 saturated heterocycles. The largest absolute Gasteiger partial charge is 0.353 e. The molecule has 1 atom stereocenters. The van der Waals surface area contributed by atoms with Gasteiger partial charge in [0, 0.05) is 18.0 Å². The summed E-state index contributed by atoms with van der Waals surface area (Å²) in [6.07, 6.45) is 3.49. The van der Waals surface area contributed by atoms with Crippen LogP contribution in [0, 0.1) is 5.92 Å². The summed E-state index contributed by atoms with van der Waals surface area (Å²) in [4.78, 5) is 13.7. The molecule has 114 valence electrons. The molecule has 0 fully saturated rings. The van der Waals surface area contributed by atoms with E-state index < -0.39 is 0 Å². The molecule has 0 radical (unpaired) electrons. The van der Waals surface area contributed by atoms with Crippen molar-refractivity contribution >= 4 is 39.1 Å². The molecule has 21 heavy (non-hydrogen) atoms. The van der Waals surface area contributed by atoms with E-state index in [1.807, 2.05) is 14.1 Å². The number of anilines is 1. The molecule has 0 amide bonds. The number of fused-ring (bicyclic) bond motifs is 3. The van der Waals surface area contributed by atoms with Crippen molar-refractivity contribution in [2.45, 2.75) is 26.2 Å². The molecule has 0 aliphatic heterocycles. The fourth-order valence-corrected chi connectivity index (χ4v) is 4.49. The second kappa shape index (κ2) is 6.07. The van der Waals surface area contributed by atoms with Gasteiger partial charge in [0.1, 0.15) is 9.98 Å². The van der Waals surface area contributed by atoms with Gasteiger partial charge in [-0.25, -0.2) is 9.97 Å². The molecule has 1 unspecified atom stereocenters. The second-order valence-electron chi connectivity index (χ2n) is 6.10. The Hall–Kier alpha value is -0.910. The summed E-state index contributed by atoms with van der Waals surface area (Å²) in [7, 11) is 4.10. The maximum atomic E-state index is 6.42. The topological polar surface area (TPSA) is 41.1 Å². The molecule has 2 aromatic heterocycles. The van der Waals surface area contributed by atoms with E-state index in [0.29, 0.717) is 11.1 Å². The van der Waals surface area contributed by atoms with Crippen LogP contribution in [0.1, 0.15) is 23.8 Å². The highest BCUT2D eigenvalue weighted by Crippen LogP contribution is 2.40. The highest BCUT2D eigenvalue weighted by molar-refractivity contribution is 7.19. The number of aromatic nitrogens is 2. The van der Waals surface area contributed by atoms with Gasteiger partial charge >= 0.3 is 0 Å². The third kappa shape index (κ3) is 3.15. The minimum absolute atomic E-state index is 0.597. The maximum Gasteiger partial charge on any atom is 0.225 e. The number of nitrogens with zero attached hydrogens (tertiary/aromatic N) is 3. The van der Waals surface area contributed by atoms with E-state index in [9.17, 15) is 0 Å². The summed E-state index contributed by atoms with van der Waals surface area (Å²) >= 11 is 8.21. The van der Waals surface area contributed by atoms with Crippen molar-refractivity contribution in [2.75, 3.05) is 32.5 Å². The van der Waals surface area contributed by atoms with Gasteiger partial charge in [0.2, 0.25) is 5.95 Å². The quantitative estimate of drug-likeness (QED) is 0.875. The Balaban J connectivity index is 1.90. The molecule has 6 heteroatoms. The summed E-state index contributed by atoms with van der Waals surface area (Å²) in [6, 6.07) is 0. The molecule has 2 aromatic rings. The first-order valence-corrected chi connectivity index (χ1v) is 8.60. The standard InChI is InChI=1S/C15H21ClN4S/c1-9-4-5-10-11(8-9)21-14-12(10)13(16)18-15(19-14)17-6-7-20(2)3/h9H,4-8H2,1-3H3,(H,17,18,19). The van der Waals surface area contributed by atoms with Gasteiger partial charge in [0.25, 0.3) is 0 Å². The molecule has 0 bridgehead atoms. The smallest absolute Gasteiger partial charge is 0.225 e. The molecule has 0 saturated carbocycles. The Morgan fingerprint density at radius 3 is 2.95 bits per heavy atom. The summed E-state index contributed by atoms with van der Waals surface area (Å²) in [6.45, 7) is 4.07.